The van der Waals surface area contributed by atoms with E-state index in [1.54, 1.807) is 0 Å². The number of hydrogen-bond acceptors (Lipinski definition) is 4. The van der Waals surface area contributed by atoms with Crippen LogP contribution >= 0.6 is 11.8 Å². The molecule has 0 spiro atoms. The summed E-state index contributed by atoms with van der Waals surface area (Å²) in [5.74, 6) is 1.21. The quantitative estimate of drug-likeness (QED) is 0.544. The molecule has 0 aliphatic carbocycles. The fraction of sp³-hybridized carbons (Fsp3) is 1.00. The third-order valence-corrected chi connectivity index (χ3v) is 3.71. The fourth-order valence-corrected chi connectivity index (χ4v) is 2.30. The number of unbranched alkanes of at least 4 members (excludes halogenated alkanes) is 1. The van der Waals surface area contributed by atoms with Gasteiger partial charge < -0.3 is 15.0 Å². The molecule has 3 nitrogen and oxygen atoms in total. The minimum absolute atomic E-state index is 0.671. The number of ether oxygens (including phenoxy) is 1. The Bertz CT molecular complexity index is 158. The molecule has 0 amide bonds. The molecule has 104 valence electrons. The van der Waals surface area contributed by atoms with Crippen molar-refractivity contribution < 1.29 is 4.74 Å². The lowest BCUT2D eigenvalue weighted by Gasteiger charge is -2.24. The number of rotatable bonds is 12. The molecule has 0 aromatic heterocycles. The maximum atomic E-state index is 5.30. The molecule has 0 aliphatic rings. The van der Waals surface area contributed by atoms with Crippen molar-refractivity contribution in [3.05, 3.63) is 0 Å². The predicted octanol–water partition coefficient (Wildman–Crippen LogP) is 2.08. The average Bonchev–Trinajstić information content (AvgIpc) is 2.32. The zero-order valence-corrected chi connectivity index (χ0v) is 12.8. The van der Waals surface area contributed by atoms with Crippen LogP contribution in [0, 0.1) is 0 Å². The molecule has 0 radical (unpaired) electrons. The second kappa shape index (κ2) is 12.7. The number of thioether (sulfide) groups is 1. The van der Waals surface area contributed by atoms with Crippen molar-refractivity contribution in [2.24, 2.45) is 0 Å². The second-order valence-corrected chi connectivity index (χ2v) is 5.35. The van der Waals surface area contributed by atoms with Crippen molar-refractivity contribution >= 4 is 11.8 Å². The van der Waals surface area contributed by atoms with E-state index in [0.717, 1.165) is 32.8 Å². The number of nitrogens with one attached hydrogen (secondary N) is 1. The van der Waals surface area contributed by atoms with E-state index >= 15 is 0 Å². The van der Waals surface area contributed by atoms with Crippen molar-refractivity contribution in [3.63, 3.8) is 0 Å². The largest absolute Gasteiger partial charge is 0.382 e. The summed E-state index contributed by atoms with van der Waals surface area (Å²) in [6.07, 6.45) is 4.55. The molecule has 0 heterocycles. The molecular weight excluding hydrogens is 232 g/mol. The SMILES string of the molecule is CCOCCCCNCCN(C)C(C)CSC. The van der Waals surface area contributed by atoms with Gasteiger partial charge in [0.2, 0.25) is 0 Å². The van der Waals surface area contributed by atoms with E-state index in [1.807, 2.05) is 18.7 Å². The lowest BCUT2D eigenvalue weighted by Crippen LogP contribution is -2.36. The van der Waals surface area contributed by atoms with Crippen LogP contribution in [0.3, 0.4) is 0 Å². The van der Waals surface area contributed by atoms with Gasteiger partial charge in [-0.05, 0) is 46.5 Å². The van der Waals surface area contributed by atoms with E-state index in [2.05, 4.69) is 30.4 Å². The fourth-order valence-electron chi connectivity index (χ4n) is 1.57. The summed E-state index contributed by atoms with van der Waals surface area (Å²) in [7, 11) is 2.21. The summed E-state index contributed by atoms with van der Waals surface area (Å²) in [5, 5.41) is 3.49. The van der Waals surface area contributed by atoms with Gasteiger partial charge in [0.05, 0.1) is 0 Å². The van der Waals surface area contributed by atoms with E-state index in [9.17, 15) is 0 Å². The molecule has 1 unspecified atom stereocenters. The summed E-state index contributed by atoms with van der Waals surface area (Å²) in [4.78, 5) is 2.42. The maximum Gasteiger partial charge on any atom is 0.0466 e. The molecule has 0 rings (SSSR count). The number of nitrogens with zero attached hydrogens (tertiary/aromatic N) is 1. The monoisotopic (exact) mass is 262 g/mol. The Morgan fingerprint density at radius 3 is 2.71 bits per heavy atom. The van der Waals surface area contributed by atoms with Crippen molar-refractivity contribution in [3.8, 4) is 0 Å². The summed E-state index contributed by atoms with van der Waals surface area (Å²) >= 11 is 1.92. The van der Waals surface area contributed by atoms with E-state index in [1.165, 1.54) is 18.6 Å². The smallest absolute Gasteiger partial charge is 0.0466 e. The van der Waals surface area contributed by atoms with Gasteiger partial charge in [0.1, 0.15) is 0 Å². The third kappa shape index (κ3) is 11.1. The van der Waals surface area contributed by atoms with Crippen molar-refractivity contribution in [2.75, 3.05) is 51.9 Å². The molecule has 0 aromatic carbocycles. The molecule has 0 bridgehead atoms. The summed E-state index contributed by atoms with van der Waals surface area (Å²) in [6.45, 7) is 9.41. The van der Waals surface area contributed by atoms with E-state index in [-0.39, 0.29) is 0 Å². The van der Waals surface area contributed by atoms with Gasteiger partial charge in [-0.2, -0.15) is 11.8 Å². The Balaban J connectivity index is 3.21. The molecule has 1 atom stereocenters. The topological polar surface area (TPSA) is 24.5 Å². The third-order valence-electron chi connectivity index (χ3n) is 2.90. The minimum atomic E-state index is 0.671. The summed E-state index contributed by atoms with van der Waals surface area (Å²) in [6, 6.07) is 0.671. The van der Waals surface area contributed by atoms with Crippen LogP contribution in [0.25, 0.3) is 0 Å². The van der Waals surface area contributed by atoms with Gasteiger partial charge in [0.25, 0.3) is 0 Å². The van der Waals surface area contributed by atoms with Gasteiger partial charge in [0, 0.05) is 38.1 Å². The first kappa shape index (κ1) is 17.2. The number of likely N-dealkylation sites (N-methyl/N-ethyl adjacent to an activating group) is 1. The van der Waals surface area contributed by atoms with Gasteiger partial charge in [0.15, 0.2) is 0 Å². The Morgan fingerprint density at radius 1 is 1.29 bits per heavy atom. The highest BCUT2D eigenvalue weighted by Crippen LogP contribution is 2.02. The Morgan fingerprint density at radius 2 is 2.06 bits per heavy atom. The van der Waals surface area contributed by atoms with Crippen molar-refractivity contribution in [1.82, 2.24) is 10.2 Å². The molecule has 0 saturated heterocycles. The first-order valence-corrected chi connectivity index (χ1v) is 8.09. The van der Waals surface area contributed by atoms with Gasteiger partial charge >= 0.3 is 0 Å². The van der Waals surface area contributed by atoms with Gasteiger partial charge in [-0.3, -0.25) is 0 Å². The Kier molecular flexibility index (Phi) is 12.9. The lowest BCUT2D eigenvalue weighted by atomic mass is 10.3. The molecule has 1 N–H and O–H groups in total. The zero-order valence-electron chi connectivity index (χ0n) is 12.0. The maximum absolute atomic E-state index is 5.30. The highest BCUT2D eigenvalue weighted by molar-refractivity contribution is 7.98. The summed E-state index contributed by atoms with van der Waals surface area (Å²) < 4.78 is 5.30. The number of hydrogen-bond donors (Lipinski definition) is 1. The van der Waals surface area contributed by atoms with Crippen LogP contribution in [0.15, 0.2) is 0 Å². The van der Waals surface area contributed by atoms with Crippen LogP contribution in [-0.2, 0) is 4.74 Å². The standard InChI is InChI=1S/C13H30N2OS/c1-5-16-11-7-6-8-14-9-10-15(3)13(2)12-17-4/h13-14H,5-12H2,1-4H3. The zero-order chi connectivity index (χ0) is 12.9. The highest BCUT2D eigenvalue weighted by Gasteiger charge is 2.06. The van der Waals surface area contributed by atoms with E-state index < -0.39 is 0 Å². The molecule has 4 heteroatoms. The van der Waals surface area contributed by atoms with Crippen LogP contribution in [0.2, 0.25) is 0 Å². The molecule has 0 aromatic rings. The molecule has 17 heavy (non-hydrogen) atoms. The first-order valence-electron chi connectivity index (χ1n) is 6.70. The molecule has 0 fully saturated rings. The first-order chi connectivity index (χ1) is 8.22. The van der Waals surface area contributed by atoms with Crippen molar-refractivity contribution in [1.29, 1.82) is 0 Å². The molecular formula is C13H30N2OS. The van der Waals surface area contributed by atoms with E-state index in [0.29, 0.717) is 6.04 Å². The van der Waals surface area contributed by atoms with Crippen LogP contribution in [0.4, 0.5) is 0 Å². The second-order valence-electron chi connectivity index (χ2n) is 4.44. The van der Waals surface area contributed by atoms with Crippen LogP contribution in [0.1, 0.15) is 26.7 Å². The van der Waals surface area contributed by atoms with Crippen molar-refractivity contribution in [2.45, 2.75) is 32.7 Å². The summed E-state index contributed by atoms with van der Waals surface area (Å²) in [5.41, 5.74) is 0. The Hall–Kier alpha value is 0.230. The van der Waals surface area contributed by atoms with Gasteiger partial charge in [-0.25, -0.2) is 0 Å². The minimum Gasteiger partial charge on any atom is -0.382 e. The van der Waals surface area contributed by atoms with Crippen LogP contribution < -0.4 is 5.32 Å². The predicted molar refractivity (Wildman–Crippen MR) is 79.1 cm³/mol. The highest BCUT2D eigenvalue weighted by atomic mass is 32.2. The Labute approximate surface area is 112 Å². The normalized spacial score (nSPS) is 13.2. The van der Waals surface area contributed by atoms with Gasteiger partial charge in [-0.15, -0.1) is 0 Å². The molecule has 0 saturated carbocycles. The van der Waals surface area contributed by atoms with Crippen LogP contribution in [0.5, 0.6) is 0 Å². The van der Waals surface area contributed by atoms with E-state index in [4.69, 9.17) is 4.74 Å². The average molecular weight is 262 g/mol. The molecule has 0 aliphatic heterocycles. The van der Waals surface area contributed by atoms with Gasteiger partial charge in [-0.1, -0.05) is 0 Å². The lowest BCUT2D eigenvalue weighted by molar-refractivity contribution is 0.143. The van der Waals surface area contributed by atoms with Crippen LogP contribution in [-0.4, -0.2) is 62.8 Å².